The molecule has 1 N–H and O–H groups in total. The molecule has 1 saturated heterocycles. The molecule has 1 fully saturated rings. The first kappa shape index (κ1) is 29.3. The molecule has 2 aromatic carbocycles. The fourth-order valence-corrected chi connectivity index (χ4v) is 6.24. The van der Waals surface area contributed by atoms with Crippen molar-refractivity contribution < 1.29 is 13.9 Å². The highest BCUT2D eigenvalue weighted by molar-refractivity contribution is 7.40. The van der Waals surface area contributed by atoms with Gasteiger partial charge in [-0.3, -0.25) is 4.52 Å². The van der Waals surface area contributed by atoms with E-state index in [2.05, 4.69) is 121 Å². The van der Waals surface area contributed by atoms with Crippen molar-refractivity contribution in [2.75, 3.05) is 6.61 Å². The van der Waals surface area contributed by atoms with Gasteiger partial charge in [0.2, 0.25) is 0 Å². The van der Waals surface area contributed by atoms with E-state index in [0.29, 0.717) is 6.61 Å². The van der Waals surface area contributed by atoms with E-state index in [9.17, 15) is 4.89 Å². The molecule has 3 nitrogen and oxygen atoms in total. The van der Waals surface area contributed by atoms with E-state index < -0.39 is 14.2 Å². The maximum Gasteiger partial charge on any atom is 0.331 e. The van der Waals surface area contributed by atoms with Gasteiger partial charge in [-0.25, -0.2) is 0 Å². The van der Waals surface area contributed by atoms with Gasteiger partial charge in [-0.1, -0.05) is 107 Å². The van der Waals surface area contributed by atoms with Crippen LogP contribution in [0.15, 0.2) is 24.3 Å². The Kier molecular flexibility index (Phi) is 7.48. The lowest BCUT2D eigenvalue weighted by atomic mass is 9.67. The number of rotatable bonds is 2. The van der Waals surface area contributed by atoms with Crippen LogP contribution in [0.3, 0.4) is 0 Å². The molecule has 0 spiro atoms. The summed E-state index contributed by atoms with van der Waals surface area (Å²) in [5, 5.41) is 0. The van der Waals surface area contributed by atoms with Gasteiger partial charge < -0.3 is 9.42 Å². The molecule has 0 bridgehead atoms. The second-order valence-electron chi connectivity index (χ2n) is 14.9. The van der Waals surface area contributed by atoms with Gasteiger partial charge in [-0.2, -0.15) is 0 Å². The van der Waals surface area contributed by atoms with Crippen molar-refractivity contribution in [3.05, 3.63) is 68.8 Å². The van der Waals surface area contributed by atoms with Gasteiger partial charge in [0.25, 0.3) is 0 Å². The SMILES string of the molecule is Cc1cc(C(C)(C)C)cc(C(C)(C)C)c1C1(c2c(C)cc(C(C)(C)C)cc2C(C)(C)C)COP(O)O1. The number of hydrogen-bond acceptors (Lipinski definition) is 3. The molecular weight excluding hydrogens is 463 g/mol. The van der Waals surface area contributed by atoms with E-state index in [1.807, 2.05) is 0 Å². The zero-order valence-electron chi connectivity index (χ0n) is 25.2. The lowest BCUT2D eigenvalue weighted by molar-refractivity contribution is 0.132. The fourth-order valence-electron chi connectivity index (χ4n) is 5.39. The summed E-state index contributed by atoms with van der Waals surface area (Å²) in [6.07, 6.45) is 0. The summed E-state index contributed by atoms with van der Waals surface area (Å²) in [4.78, 5) is 10.7. The highest BCUT2D eigenvalue weighted by atomic mass is 31.2. The third-order valence-electron chi connectivity index (χ3n) is 7.44. The van der Waals surface area contributed by atoms with Crippen LogP contribution in [0.5, 0.6) is 0 Å². The molecule has 3 rings (SSSR count). The Labute approximate surface area is 222 Å². The minimum atomic E-state index is -1.98. The Morgan fingerprint density at radius 1 is 0.639 bits per heavy atom. The van der Waals surface area contributed by atoms with Crippen molar-refractivity contribution in [1.29, 1.82) is 0 Å². The molecule has 1 unspecified atom stereocenters. The van der Waals surface area contributed by atoms with Crippen LogP contribution >= 0.6 is 8.60 Å². The molecule has 0 radical (unpaired) electrons. The van der Waals surface area contributed by atoms with Crippen LogP contribution in [0.25, 0.3) is 0 Å². The molecule has 36 heavy (non-hydrogen) atoms. The van der Waals surface area contributed by atoms with Crippen LogP contribution in [-0.2, 0) is 36.3 Å². The van der Waals surface area contributed by atoms with Crippen molar-refractivity contribution in [2.45, 2.75) is 124 Å². The van der Waals surface area contributed by atoms with Gasteiger partial charge in [0, 0.05) is 0 Å². The van der Waals surface area contributed by atoms with Crippen LogP contribution in [0, 0.1) is 13.8 Å². The van der Waals surface area contributed by atoms with E-state index >= 15 is 0 Å². The van der Waals surface area contributed by atoms with Crippen LogP contribution in [0.2, 0.25) is 0 Å². The summed E-state index contributed by atoms with van der Waals surface area (Å²) >= 11 is 0. The quantitative estimate of drug-likeness (QED) is 0.408. The lowest BCUT2D eigenvalue weighted by Crippen LogP contribution is -2.38. The molecule has 0 saturated carbocycles. The zero-order chi connectivity index (χ0) is 27.6. The largest absolute Gasteiger partial charge is 0.331 e. The summed E-state index contributed by atoms with van der Waals surface area (Å²) in [6.45, 7) is 31.9. The highest BCUT2D eigenvalue weighted by Gasteiger charge is 2.51. The van der Waals surface area contributed by atoms with Crippen molar-refractivity contribution in [2.24, 2.45) is 0 Å². The van der Waals surface area contributed by atoms with Crippen molar-refractivity contribution in [3.63, 3.8) is 0 Å². The average Bonchev–Trinajstić information content (AvgIpc) is 3.05. The predicted octanol–water partition coefficient (Wildman–Crippen LogP) is 9.00. The molecule has 4 heteroatoms. The Bertz CT molecular complexity index is 1050. The second-order valence-corrected chi connectivity index (χ2v) is 15.8. The van der Waals surface area contributed by atoms with E-state index in [4.69, 9.17) is 9.05 Å². The molecule has 0 aliphatic carbocycles. The van der Waals surface area contributed by atoms with Crippen molar-refractivity contribution >= 4 is 8.60 Å². The first-order chi connectivity index (χ1) is 16.1. The van der Waals surface area contributed by atoms with Crippen molar-refractivity contribution in [1.82, 2.24) is 0 Å². The van der Waals surface area contributed by atoms with E-state index in [-0.39, 0.29) is 21.7 Å². The van der Waals surface area contributed by atoms with Gasteiger partial charge in [-0.05, 0) is 80.0 Å². The number of hydrogen-bond donors (Lipinski definition) is 1. The standard InChI is InChI=1S/C32H49O3P/c1-20-15-22(28(3,4)5)17-24(30(9,10)11)26(20)32(19-34-36(33)35-32)27-21(2)16-23(29(6,7)8)18-25(27)31(12,13)14/h15-18,33H,19H2,1-14H3. The normalized spacial score (nSPS) is 19.1. The molecule has 0 aromatic heterocycles. The summed E-state index contributed by atoms with van der Waals surface area (Å²) in [5.41, 5.74) is 8.67. The van der Waals surface area contributed by atoms with Crippen LogP contribution < -0.4 is 0 Å². The molecule has 1 aliphatic rings. The minimum absolute atomic E-state index is 0.0218. The number of aryl methyl sites for hydroxylation is 2. The third kappa shape index (κ3) is 5.46. The van der Waals surface area contributed by atoms with E-state index in [0.717, 1.165) is 11.1 Å². The molecule has 2 aromatic rings. The molecule has 0 amide bonds. The van der Waals surface area contributed by atoms with Gasteiger partial charge in [0.1, 0.15) is 0 Å². The fraction of sp³-hybridized carbons (Fsp3) is 0.625. The first-order valence-electron chi connectivity index (χ1n) is 13.2. The summed E-state index contributed by atoms with van der Waals surface area (Å²) in [6, 6.07) is 9.34. The summed E-state index contributed by atoms with van der Waals surface area (Å²) in [5.74, 6) is 0. The van der Waals surface area contributed by atoms with E-state index in [1.165, 1.54) is 33.4 Å². The van der Waals surface area contributed by atoms with Gasteiger partial charge in [0.05, 0.1) is 6.61 Å². The molecular formula is C32H49O3P. The molecule has 200 valence electrons. The van der Waals surface area contributed by atoms with Crippen molar-refractivity contribution in [3.8, 4) is 0 Å². The van der Waals surface area contributed by atoms with Gasteiger partial charge >= 0.3 is 8.60 Å². The monoisotopic (exact) mass is 512 g/mol. The van der Waals surface area contributed by atoms with Crippen LogP contribution in [0.4, 0.5) is 0 Å². The number of benzene rings is 2. The molecule has 1 atom stereocenters. The summed E-state index contributed by atoms with van der Waals surface area (Å²) < 4.78 is 12.5. The molecule has 1 aliphatic heterocycles. The van der Waals surface area contributed by atoms with Gasteiger partial charge in [0.15, 0.2) is 5.60 Å². The van der Waals surface area contributed by atoms with Gasteiger partial charge in [-0.15, -0.1) is 0 Å². The zero-order valence-corrected chi connectivity index (χ0v) is 26.1. The maximum atomic E-state index is 10.7. The average molecular weight is 513 g/mol. The van der Waals surface area contributed by atoms with E-state index in [1.54, 1.807) is 0 Å². The Hall–Kier alpha value is -1.25. The topological polar surface area (TPSA) is 38.7 Å². The highest BCUT2D eigenvalue weighted by Crippen LogP contribution is 2.58. The lowest BCUT2D eigenvalue weighted by Gasteiger charge is -2.40. The third-order valence-corrected chi connectivity index (χ3v) is 8.26. The summed E-state index contributed by atoms with van der Waals surface area (Å²) in [7, 11) is -1.98. The first-order valence-corrected chi connectivity index (χ1v) is 14.4. The Balaban J connectivity index is 2.52. The Morgan fingerprint density at radius 2 is 1.00 bits per heavy atom. The molecule has 1 heterocycles. The van der Waals surface area contributed by atoms with Crippen LogP contribution in [-0.4, -0.2) is 11.5 Å². The predicted molar refractivity (Wildman–Crippen MR) is 154 cm³/mol. The smallest absolute Gasteiger partial charge is 0.328 e. The van der Waals surface area contributed by atoms with Crippen LogP contribution in [0.1, 0.15) is 128 Å². The second kappa shape index (κ2) is 9.19. The minimum Gasteiger partial charge on any atom is -0.328 e. The maximum absolute atomic E-state index is 10.7. The Morgan fingerprint density at radius 3 is 1.25 bits per heavy atom.